The van der Waals surface area contributed by atoms with Crippen LogP contribution in [0.2, 0.25) is 5.02 Å². The maximum Gasteiger partial charge on any atom is 0.349 e. The summed E-state index contributed by atoms with van der Waals surface area (Å²) in [6, 6.07) is 17.5. The first-order valence-corrected chi connectivity index (χ1v) is 11.9. The van der Waals surface area contributed by atoms with Gasteiger partial charge in [0.2, 0.25) is 0 Å². The van der Waals surface area contributed by atoms with Crippen molar-refractivity contribution >= 4 is 33.3 Å². The van der Waals surface area contributed by atoms with Crippen molar-refractivity contribution in [3.63, 3.8) is 0 Å². The summed E-state index contributed by atoms with van der Waals surface area (Å²) in [6.07, 6.45) is 0. The molecule has 0 N–H and O–H groups in total. The summed E-state index contributed by atoms with van der Waals surface area (Å²) in [7, 11) is -2.28. The molecule has 0 aromatic heterocycles. The Balaban J connectivity index is 1.60. The molecule has 0 atom stereocenters. The van der Waals surface area contributed by atoms with Crippen molar-refractivity contribution in [3.8, 4) is 17.2 Å². The van der Waals surface area contributed by atoms with Crippen LogP contribution < -0.4 is 18.5 Å². The molecule has 3 aromatic carbocycles. The molecule has 7 nitrogen and oxygen atoms in total. The number of carbonyl (C=O) groups excluding carboxylic acids is 1. The van der Waals surface area contributed by atoms with E-state index in [0.29, 0.717) is 34.6 Å². The van der Waals surface area contributed by atoms with E-state index in [1.807, 2.05) is 13.8 Å². The van der Waals surface area contributed by atoms with Gasteiger partial charge in [0, 0.05) is 12.1 Å². The first-order chi connectivity index (χ1) is 15.7. The molecule has 9 heteroatoms. The van der Waals surface area contributed by atoms with Crippen LogP contribution in [0.1, 0.15) is 12.5 Å². The summed E-state index contributed by atoms with van der Waals surface area (Å²) in [6.45, 7) is 3.86. The predicted molar refractivity (Wildman–Crippen MR) is 127 cm³/mol. The van der Waals surface area contributed by atoms with E-state index in [2.05, 4.69) is 0 Å². The third kappa shape index (κ3) is 6.18. The van der Waals surface area contributed by atoms with Gasteiger partial charge in [0.1, 0.15) is 17.2 Å². The molecule has 0 bridgehead atoms. The van der Waals surface area contributed by atoms with Crippen LogP contribution in [0, 0.1) is 6.92 Å². The molecular formula is C24H24ClNO6S. The molecule has 0 heterocycles. The maximum atomic E-state index is 12.9. The van der Waals surface area contributed by atoms with Gasteiger partial charge >= 0.3 is 5.97 Å². The van der Waals surface area contributed by atoms with E-state index < -0.39 is 16.0 Å². The Morgan fingerprint density at radius 2 is 1.48 bits per heavy atom. The first-order valence-electron chi connectivity index (χ1n) is 10.1. The molecule has 0 saturated heterocycles. The van der Waals surface area contributed by atoms with E-state index in [9.17, 15) is 13.2 Å². The minimum Gasteiger partial charge on any atom is -0.494 e. The predicted octanol–water partition coefficient (Wildman–Crippen LogP) is 4.86. The number of aryl methyl sites for hydroxylation is 1. The lowest BCUT2D eigenvalue weighted by atomic mass is 10.2. The highest BCUT2D eigenvalue weighted by molar-refractivity contribution is 7.92. The second-order valence-electron chi connectivity index (χ2n) is 7.04. The quantitative estimate of drug-likeness (QED) is 0.315. The Bertz CT molecular complexity index is 1210. The summed E-state index contributed by atoms with van der Waals surface area (Å²) < 4.78 is 43.0. The highest BCUT2D eigenvalue weighted by atomic mass is 35.5. The lowest BCUT2D eigenvalue weighted by molar-refractivity contribution is -0.136. The van der Waals surface area contributed by atoms with E-state index >= 15 is 0 Å². The second kappa shape index (κ2) is 10.6. The number of hydrogen-bond acceptors (Lipinski definition) is 6. The van der Waals surface area contributed by atoms with Crippen molar-refractivity contribution in [2.45, 2.75) is 18.7 Å². The van der Waals surface area contributed by atoms with Gasteiger partial charge in [-0.15, -0.1) is 0 Å². The molecule has 0 saturated carbocycles. The van der Waals surface area contributed by atoms with E-state index in [1.54, 1.807) is 54.6 Å². The van der Waals surface area contributed by atoms with Crippen LogP contribution in [0.15, 0.2) is 71.6 Å². The highest BCUT2D eigenvalue weighted by Crippen LogP contribution is 2.26. The van der Waals surface area contributed by atoms with Gasteiger partial charge in [-0.1, -0.05) is 11.6 Å². The number of hydrogen-bond donors (Lipinski definition) is 0. The average molecular weight is 490 g/mol. The number of esters is 1. The van der Waals surface area contributed by atoms with Gasteiger partial charge in [-0.05, 0) is 86.1 Å². The Morgan fingerprint density at radius 3 is 2.09 bits per heavy atom. The van der Waals surface area contributed by atoms with Crippen molar-refractivity contribution in [2.75, 3.05) is 24.6 Å². The van der Waals surface area contributed by atoms with Gasteiger partial charge < -0.3 is 14.2 Å². The summed E-state index contributed by atoms with van der Waals surface area (Å²) in [5.41, 5.74) is 1.23. The number of rotatable bonds is 9. The number of halogens is 1. The second-order valence-corrected chi connectivity index (χ2v) is 9.42. The fourth-order valence-electron chi connectivity index (χ4n) is 2.91. The molecule has 174 valence electrons. The monoisotopic (exact) mass is 489 g/mol. The van der Waals surface area contributed by atoms with Crippen LogP contribution in [0.25, 0.3) is 0 Å². The summed E-state index contributed by atoms with van der Waals surface area (Å²) in [5.74, 6) is 0.804. The van der Waals surface area contributed by atoms with Gasteiger partial charge in [-0.2, -0.15) is 0 Å². The van der Waals surface area contributed by atoms with Crippen LogP contribution in [0.5, 0.6) is 17.2 Å². The topological polar surface area (TPSA) is 82.1 Å². The third-order valence-electron chi connectivity index (χ3n) is 4.71. The molecule has 33 heavy (non-hydrogen) atoms. The van der Waals surface area contributed by atoms with Gasteiger partial charge in [0.15, 0.2) is 6.61 Å². The van der Waals surface area contributed by atoms with Gasteiger partial charge in [0.05, 0.1) is 17.2 Å². The largest absolute Gasteiger partial charge is 0.494 e. The number of nitrogens with zero attached hydrogens (tertiary/aromatic N) is 1. The number of sulfonamides is 1. The fourth-order valence-corrected chi connectivity index (χ4v) is 4.22. The molecular weight excluding hydrogens is 466 g/mol. The van der Waals surface area contributed by atoms with E-state index in [1.165, 1.54) is 23.5 Å². The Labute approximate surface area is 198 Å². The van der Waals surface area contributed by atoms with Crippen LogP contribution in [0.3, 0.4) is 0 Å². The van der Waals surface area contributed by atoms with Crippen LogP contribution in [-0.4, -0.2) is 34.6 Å². The smallest absolute Gasteiger partial charge is 0.349 e. The molecule has 0 amide bonds. The number of carbonyl (C=O) groups is 1. The Kier molecular flexibility index (Phi) is 7.84. The van der Waals surface area contributed by atoms with Crippen molar-refractivity contribution in [3.05, 3.63) is 77.3 Å². The fraction of sp³-hybridized carbons (Fsp3) is 0.208. The molecule has 3 aromatic rings. The maximum absolute atomic E-state index is 12.9. The average Bonchev–Trinajstić information content (AvgIpc) is 2.80. The van der Waals surface area contributed by atoms with Gasteiger partial charge in [-0.3, -0.25) is 4.31 Å². The molecule has 0 aliphatic rings. The Hall–Kier alpha value is -3.23. The van der Waals surface area contributed by atoms with Crippen LogP contribution in [-0.2, 0) is 14.8 Å². The molecule has 0 aliphatic carbocycles. The van der Waals surface area contributed by atoms with Crippen molar-refractivity contribution < 1.29 is 27.4 Å². The molecule has 0 radical (unpaired) electrons. The number of anilines is 1. The molecule has 3 rings (SSSR count). The highest BCUT2D eigenvalue weighted by Gasteiger charge is 2.21. The summed E-state index contributed by atoms with van der Waals surface area (Å²) in [4.78, 5) is 12.2. The zero-order valence-corrected chi connectivity index (χ0v) is 20.0. The normalized spacial score (nSPS) is 11.0. The van der Waals surface area contributed by atoms with E-state index in [-0.39, 0.29) is 11.5 Å². The zero-order valence-electron chi connectivity index (χ0n) is 18.4. The number of ether oxygens (including phenoxy) is 3. The van der Waals surface area contributed by atoms with Crippen molar-refractivity contribution in [1.82, 2.24) is 0 Å². The zero-order chi connectivity index (χ0) is 24.0. The third-order valence-corrected chi connectivity index (χ3v) is 6.94. The van der Waals surface area contributed by atoms with Crippen molar-refractivity contribution in [2.24, 2.45) is 0 Å². The molecule has 0 aliphatic heterocycles. The van der Waals surface area contributed by atoms with Gasteiger partial charge in [-0.25, -0.2) is 13.2 Å². The Morgan fingerprint density at radius 1 is 0.909 bits per heavy atom. The van der Waals surface area contributed by atoms with E-state index in [0.717, 1.165) is 5.56 Å². The van der Waals surface area contributed by atoms with Gasteiger partial charge in [0.25, 0.3) is 10.0 Å². The molecule has 0 fully saturated rings. The summed E-state index contributed by atoms with van der Waals surface area (Å²) >= 11 is 5.96. The summed E-state index contributed by atoms with van der Waals surface area (Å²) in [5, 5.41) is 0.584. The number of benzene rings is 3. The van der Waals surface area contributed by atoms with E-state index in [4.69, 9.17) is 25.8 Å². The van der Waals surface area contributed by atoms with Crippen molar-refractivity contribution in [1.29, 1.82) is 0 Å². The minimum atomic E-state index is -3.75. The minimum absolute atomic E-state index is 0.147. The lowest BCUT2D eigenvalue weighted by Gasteiger charge is -2.20. The lowest BCUT2D eigenvalue weighted by Crippen LogP contribution is -2.26. The SMILES string of the molecule is CCOc1ccc(S(=O)(=O)N(C)c2ccc(OCC(=O)Oc3ccc(Cl)c(C)c3)cc2)cc1. The standard InChI is InChI=1S/C24H24ClNO6S/c1-4-30-19-9-12-22(13-10-19)33(28,29)26(3)18-5-7-20(8-6-18)31-16-24(27)32-21-11-14-23(25)17(2)15-21/h5-15H,4,16H2,1-3H3. The first kappa shape index (κ1) is 24.4. The van der Waals surface area contributed by atoms with Crippen LogP contribution >= 0.6 is 11.6 Å². The molecule has 0 unspecified atom stereocenters. The van der Waals surface area contributed by atoms with Crippen LogP contribution in [0.4, 0.5) is 5.69 Å². The molecule has 0 spiro atoms.